The van der Waals surface area contributed by atoms with E-state index in [2.05, 4.69) is 0 Å². The van der Waals surface area contributed by atoms with Gasteiger partial charge in [-0.3, -0.25) is 9.59 Å². The molecule has 0 aliphatic rings. The van der Waals surface area contributed by atoms with Gasteiger partial charge in [0, 0.05) is 6.54 Å². The van der Waals surface area contributed by atoms with Gasteiger partial charge in [0.1, 0.15) is 0 Å². The van der Waals surface area contributed by atoms with Gasteiger partial charge in [0.05, 0.1) is 0 Å². The number of hydrogen-bond donors (Lipinski definition) is 3. The van der Waals surface area contributed by atoms with Crippen LogP contribution in [0.5, 0.6) is 0 Å². The van der Waals surface area contributed by atoms with Gasteiger partial charge in [-0.2, -0.15) is 0 Å². The maximum Gasteiger partial charge on any atom is 0.322 e. The van der Waals surface area contributed by atoms with Gasteiger partial charge < -0.3 is 15.9 Å². The molecule has 0 fully saturated rings. The summed E-state index contributed by atoms with van der Waals surface area (Å²) in [6, 6.07) is 0. The lowest BCUT2D eigenvalue weighted by Crippen LogP contribution is -2.45. The molecule has 0 atom stereocenters. The molecule has 0 aromatic rings. The van der Waals surface area contributed by atoms with Gasteiger partial charge in [-0.1, -0.05) is 6.92 Å². The van der Waals surface area contributed by atoms with E-state index in [9.17, 15) is 9.59 Å². The molecule has 0 bridgehead atoms. The Kier molecular flexibility index (Phi) is 3.00. The van der Waals surface area contributed by atoms with E-state index in [1.54, 1.807) is 0 Å². The zero-order chi connectivity index (χ0) is 9.07. The average molecular weight is 161 g/mol. The third-order valence-corrected chi connectivity index (χ3v) is 1.77. The van der Waals surface area contributed by atoms with Crippen molar-refractivity contribution in [1.82, 2.24) is 0 Å². The molecule has 0 aromatic heterocycles. The number of carboxylic acids is 2. The molecule has 5 heteroatoms. The molecule has 0 unspecified atom stereocenters. The van der Waals surface area contributed by atoms with Gasteiger partial charge in [-0.25, -0.2) is 0 Å². The quantitative estimate of drug-likeness (QED) is 0.483. The zero-order valence-corrected chi connectivity index (χ0v) is 6.20. The molecule has 64 valence electrons. The predicted octanol–water partition coefficient (Wildman–Crippen LogP) is -0.489. The van der Waals surface area contributed by atoms with Crippen molar-refractivity contribution in [3.63, 3.8) is 0 Å². The third kappa shape index (κ3) is 1.48. The molecule has 0 rings (SSSR count). The Hall–Kier alpha value is -1.10. The summed E-state index contributed by atoms with van der Waals surface area (Å²) >= 11 is 0. The highest BCUT2D eigenvalue weighted by Crippen LogP contribution is 2.20. The summed E-state index contributed by atoms with van der Waals surface area (Å²) in [5.74, 6) is -2.76. The summed E-state index contributed by atoms with van der Waals surface area (Å²) in [7, 11) is 0. The molecular formula is C6H11NO4. The average Bonchev–Trinajstić information content (AvgIpc) is 1.90. The molecule has 0 amide bonds. The fraction of sp³-hybridized carbons (Fsp3) is 0.667. The Bertz CT molecular complexity index is 157. The fourth-order valence-corrected chi connectivity index (χ4v) is 0.713. The third-order valence-electron chi connectivity index (χ3n) is 1.77. The van der Waals surface area contributed by atoms with Crippen LogP contribution in [0, 0.1) is 5.41 Å². The Morgan fingerprint density at radius 1 is 1.36 bits per heavy atom. The van der Waals surface area contributed by atoms with Crippen LogP contribution in [0.25, 0.3) is 0 Å². The topological polar surface area (TPSA) is 101 Å². The first-order valence-electron chi connectivity index (χ1n) is 3.18. The van der Waals surface area contributed by atoms with Gasteiger partial charge in [0.25, 0.3) is 0 Å². The normalized spacial score (nSPS) is 11.1. The maximum absolute atomic E-state index is 10.5. The second kappa shape index (κ2) is 3.34. The molecule has 0 aromatic carbocycles. The van der Waals surface area contributed by atoms with Crippen LogP contribution < -0.4 is 5.73 Å². The second-order valence-electron chi connectivity index (χ2n) is 2.25. The van der Waals surface area contributed by atoms with Gasteiger partial charge >= 0.3 is 11.9 Å². The molecule has 0 saturated carbocycles. The minimum atomic E-state index is -1.81. The van der Waals surface area contributed by atoms with E-state index in [4.69, 9.17) is 15.9 Å². The highest BCUT2D eigenvalue weighted by Gasteiger charge is 2.43. The van der Waals surface area contributed by atoms with Gasteiger partial charge in [0.2, 0.25) is 0 Å². The Morgan fingerprint density at radius 3 is 1.73 bits per heavy atom. The van der Waals surface area contributed by atoms with Gasteiger partial charge in [-0.15, -0.1) is 0 Å². The first-order valence-corrected chi connectivity index (χ1v) is 3.18. The maximum atomic E-state index is 10.5. The van der Waals surface area contributed by atoms with Crippen LogP contribution in [-0.4, -0.2) is 28.7 Å². The minimum absolute atomic E-state index is 0.00579. The van der Waals surface area contributed by atoms with Crippen molar-refractivity contribution < 1.29 is 19.8 Å². The Balaban J connectivity index is 4.76. The van der Waals surface area contributed by atoms with E-state index in [1.807, 2.05) is 0 Å². The smallest absolute Gasteiger partial charge is 0.322 e. The van der Waals surface area contributed by atoms with Crippen molar-refractivity contribution in [2.24, 2.45) is 11.1 Å². The lowest BCUT2D eigenvalue weighted by molar-refractivity contribution is -0.164. The highest BCUT2D eigenvalue weighted by molar-refractivity contribution is 5.98. The number of carbonyl (C=O) groups is 2. The molecule has 5 nitrogen and oxygen atoms in total. The number of nitrogens with two attached hydrogens (primary N) is 1. The van der Waals surface area contributed by atoms with Crippen LogP contribution >= 0.6 is 0 Å². The van der Waals surface area contributed by atoms with Crippen molar-refractivity contribution in [2.75, 3.05) is 6.54 Å². The summed E-state index contributed by atoms with van der Waals surface area (Å²) in [5, 5.41) is 17.1. The molecule has 0 spiro atoms. The van der Waals surface area contributed by atoms with E-state index >= 15 is 0 Å². The van der Waals surface area contributed by atoms with Crippen molar-refractivity contribution in [1.29, 1.82) is 0 Å². The van der Waals surface area contributed by atoms with Gasteiger partial charge in [0.15, 0.2) is 5.41 Å². The number of rotatable bonds is 4. The van der Waals surface area contributed by atoms with E-state index in [0.717, 1.165) is 0 Å². The first-order chi connectivity index (χ1) is 5.01. The molecule has 0 radical (unpaired) electrons. The molecule has 0 saturated heterocycles. The van der Waals surface area contributed by atoms with Crippen LogP contribution in [0.2, 0.25) is 0 Å². The second-order valence-corrected chi connectivity index (χ2v) is 2.25. The number of carboxylic acid groups (broad SMARTS) is 2. The molecule has 0 aliphatic heterocycles. The van der Waals surface area contributed by atoms with E-state index in [1.165, 1.54) is 6.92 Å². The highest BCUT2D eigenvalue weighted by atomic mass is 16.4. The predicted molar refractivity (Wildman–Crippen MR) is 37.0 cm³/mol. The Morgan fingerprint density at radius 2 is 1.73 bits per heavy atom. The summed E-state index contributed by atoms with van der Waals surface area (Å²) < 4.78 is 0. The standard InChI is InChI=1S/C6H11NO4/c1-2-6(3-7,4(8)9)5(10)11/h2-3,7H2,1H3,(H,8,9)(H,10,11). The van der Waals surface area contributed by atoms with Crippen LogP contribution in [0.1, 0.15) is 13.3 Å². The fourth-order valence-electron chi connectivity index (χ4n) is 0.713. The summed E-state index contributed by atoms with van der Waals surface area (Å²) in [6.45, 7) is 1.10. The van der Waals surface area contributed by atoms with Crippen LogP contribution in [0.4, 0.5) is 0 Å². The summed E-state index contributed by atoms with van der Waals surface area (Å²) in [5.41, 5.74) is 3.25. The largest absolute Gasteiger partial charge is 0.480 e. The molecule has 0 heterocycles. The SMILES string of the molecule is CCC(CN)(C(=O)O)C(=O)O. The summed E-state index contributed by atoms with van der Waals surface area (Å²) in [4.78, 5) is 20.9. The van der Waals surface area contributed by atoms with Crippen molar-refractivity contribution in [3.8, 4) is 0 Å². The molecule has 4 N–H and O–H groups in total. The minimum Gasteiger partial charge on any atom is -0.480 e. The van der Waals surface area contributed by atoms with Crippen LogP contribution in [0.15, 0.2) is 0 Å². The molecular weight excluding hydrogens is 150 g/mol. The zero-order valence-electron chi connectivity index (χ0n) is 6.20. The van der Waals surface area contributed by atoms with E-state index < -0.39 is 17.4 Å². The number of aliphatic carboxylic acids is 2. The van der Waals surface area contributed by atoms with Gasteiger partial charge in [-0.05, 0) is 6.42 Å². The van der Waals surface area contributed by atoms with Crippen molar-refractivity contribution in [2.45, 2.75) is 13.3 Å². The lowest BCUT2D eigenvalue weighted by atomic mass is 9.85. The van der Waals surface area contributed by atoms with Crippen LogP contribution in [0.3, 0.4) is 0 Å². The van der Waals surface area contributed by atoms with Crippen molar-refractivity contribution in [3.05, 3.63) is 0 Å². The molecule has 0 aliphatic carbocycles. The van der Waals surface area contributed by atoms with Crippen molar-refractivity contribution >= 4 is 11.9 Å². The van der Waals surface area contributed by atoms with Crippen LogP contribution in [-0.2, 0) is 9.59 Å². The van der Waals surface area contributed by atoms with E-state index in [-0.39, 0.29) is 13.0 Å². The monoisotopic (exact) mass is 161 g/mol. The van der Waals surface area contributed by atoms with E-state index in [0.29, 0.717) is 0 Å². The molecule has 11 heavy (non-hydrogen) atoms. The Labute approximate surface area is 63.8 Å². The summed E-state index contributed by atoms with van der Waals surface area (Å²) in [6.07, 6.45) is -0.00579. The lowest BCUT2D eigenvalue weighted by Gasteiger charge is -2.20. The first kappa shape index (κ1) is 9.90. The number of hydrogen-bond acceptors (Lipinski definition) is 3.